The highest BCUT2D eigenvalue weighted by molar-refractivity contribution is 9.10. The molecule has 2 rings (SSSR count). The number of ether oxygens (including phenoxy) is 2. The third kappa shape index (κ3) is 4.06. The quantitative estimate of drug-likeness (QED) is 0.617. The van der Waals surface area contributed by atoms with Gasteiger partial charge in [0.05, 0.1) is 12.2 Å². The first-order valence-electron chi connectivity index (χ1n) is 6.50. The number of nitrogens with two attached hydrogens (primary N) is 1. The average molecular weight is 349 g/mol. The van der Waals surface area contributed by atoms with Crippen molar-refractivity contribution in [3.63, 3.8) is 0 Å². The van der Waals surface area contributed by atoms with E-state index >= 15 is 0 Å². The topological polar surface area (TPSA) is 68.3 Å². The smallest absolute Gasteiger partial charge is 0.139 e. The summed E-state index contributed by atoms with van der Waals surface area (Å²) in [6, 6.07) is 13.3. The predicted octanol–water partition coefficient (Wildman–Crippen LogP) is 3.71. The standard InChI is InChI=1S/C16H17BrN2O2/c1-20-10-9-11-5-7-12(8-6-11)21-14-4-2-3-13(17)15(14)16(18)19/h2-8H,9-10H2,1H3,(H3,18,19). The van der Waals surface area contributed by atoms with E-state index in [-0.39, 0.29) is 5.84 Å². The lowest BCUT2D eigenvalue weighted by molar-refractivity contribution is 0.202. The van der Waals surface area contributed by atoms with Crippen LogP contribution in [0.15, 0.2) is 46.9 Å². The number of amidine groups is 1. The van der Waals surface area contributed by atoms with Gasteiger partial charge in [-0.25, -0.2) is 0 Å². The van der Waals surface area contributed by atoms with Gasteiger partial charge in [-0.3, -0.25) is 5.41 Å². The second-order valence-electron chi connectivity index (χ2n) is 4.52. The van der Waals surface area contributed by atoms with Crippen LogP contribution in [0.4, 0.5) is 0 Å². The number of nitrogens with one attached hydrogen (secondary N) is 1. The van der Waals surface area contributed by atoms with Gasteiger partial charge in [0.15, 0.2) is 0 Å². The maximum atomic E-state index is 7.65. The normalized spacial score (nSPS) is 10.4. The summed E-state index contributed by atoms with van der Waals surface area (Å²) < 4.78 is 11.6. The molecule has 0 atom stereocenters. The molecular weight excluding hydrogens is 332 g/mol. The van der Waals surface area contributed by atoms with Gasteiger partial charge in [0.1, 0.15) is 17.3 Å². The number of hydrogen-bond donors (Lipinski definition) is 2. The minimum Gasteiger partial charge on any atom is -0.457 e. The number of hydrogen-bond acceptors (Lipinski definition) is 3. The Balaban J connectivity index is 2.19. The van der Waals surface area contributed by atoms with Gasteiger partial charge in [-0.15, -0.1) is 0 Å². The molecule has 0 aliphatic rings. The van der Waals surface area contributed by atoms with E-state index in [2.05, 4.69) is 15.9 Å². The monoisotopic (exact) mass is 348 g/mol. The summed E-state index contributed by atoms with van der Waals surface area (Å²) in [6.45, 7) is 0.695. The van der Waals surface area contributed by atoms with Gasteiger partial charge >= 0.3 is 0 Å². The van der Waals surface area contributed by atoms with Crippen LogP contribution >= 0.6 is 15.9 Å². The lowest BCUT2D eigenvalue weighted by Crippen LogP contribution is -2.13. The third-order valence-corrected chi connectivity index (χ3v) is 3.65. The zero-order chi connectivity index (χ0) is 15.2. The number of methoxy groups -OCH3 is 1. The minimum atomic E-state index is -0.0332. The van der Waals surface area contributed by atoms with E-state index in [9.17, 15) is 0 Å². The molecule has 0 aliphatic carbocycles. The Morgan fingerprint density at radius 2 is 1.90 bits per heavy atom. The second-order valence-corrected chi connectivity index (χ2v) is 5.37. The number of rotatable bonds is 6. The Hall–Kier alpha value is -1.85. The van der Waals surface area contributed by atoms with E-state index in [1.807, 2.05) is 36.4 Å². The van der Waals surface area contributed by atoms with Crippen LogP contribution in [-0.2, 0) is 11.2 Å². The zero-order valence-electron chi connectivity index (χ0n) is 11.7. The average Bonchev–Trinajstić information content (AvgIpc) is 2.46. The maximum Gasteiger partial charge on any atom is 0.139 e. The van der Waals surface area contributed by atoms with Crippen molar-refractivity contribution in [3.05, 3.63) is 58.1 Å². The van der Waals surface area contributed by atoms with Gasteiger partial charge in [-0.1, -0.05) is 18.2 Å². The summed E-state index contributed by atoms with van der Waals surface area (Å²) in [5, 5.41) is 7.65. The number of halogens is 1. The van der Waals surface area contributed by atoms with Crippen molar-refractivity contribution in [1.82, 2.24) is 0 Å². The molecule has 0 amide bonds. The number of nitrogen functional groups attached to an aromatic ring is 1. The largest absolute Gasteiger partial charge is 0.457 e. The Morgan fingerprint density at radius 3 is 2.52 bits per heavy atom. The van der Waals surface area contributed by atoms with E-state index < -0.39 is 0 Å². The summed E-state index contributed by atoms with van der Waals surface area (Å²) >= 11 is 3.39. The van der Waals surface area contributed by atoms with Gasteiger partial charge in [-0.05, 0) is 52.2 Å². The SMILES string of the molecule is COCCc1ccc(Oc2cccc(Br)c2C(=N)N)cc1. The van der Waals surface area contributed by atoms with Gasteiger partial charge < -0.3 is 15.2 Å². The fraction of sp³-hybridized carbons (Fsp3) is 0.188. The molecule has 2 aromatic carbocycles. The third-order valence-electron chi connectivity index (χ3n) is 2.99. The highest BCUT2D eigenvalue weighted by Crippen LogP contribution is 2.30. The molecule has 0 spiro atoms. The molecule has 0 saturated carbocycles. The summed E-state index contributed by atoms with van der Waals surface area (Å²) in [5.74, 6) is 1.23. The van der Waals surface area contributed by atoms with Crippen LogP contribution in [0.3, 0.4) is 0 Å². The van der Waals surface area contributed by atoms with Gasteiger partial charge in [0, 0.05) is 11.6 Å². The fourth-order valence-corrected chi connectivity index (χ4v) is 2.48. The Kier molecular flexibility index (Phi) is 5.36. The molecule has 0 aromatic heterocycles. The summed E-state index contributed by atoms with van der Waals surface area (Å²) in [4.78, 5) is 0. The Labute approximate surface area is 132 Å². The van der Waals surface area contributed by atoms with Crippen molar-refractivity contribution in [2.24, 2.45) is 5.73 Å². The summed E-state index contributed by atoms with van der Waals surface area (Å²) in [6.07, 6.45) is 0.867. The molecule has 0 heterocycles. The summed E-state index contributed by atoms with van der Waals surface area (Å²) in [5.41, 5.74) is 7.35. The van der Waals surface area contributed by atoms with Gasteiger partial charge in [-0.2, -0.15) is 0 Å². The van der Waals surface area contributed by atoms with Crippen molar-refractivity contribution in [2.75, 3.05) is 13.7 Å². The molecule has 0 saturated heterocycles. The van der Waals surface area contributed by atoms with Gasteiger partial charge in [0.2, 0.25) is 0 Å². The maximum absolute atomic E-state index is 7.65. The van der Waals surface area contributed by atoms with Crippen LogP contribution < -0.4 is 10.5 Å². The minimum absolute atomic E-state index is 0.0332. The molecule has 3 N–H and O–H groups in total. The highest BCUT2D eigenvalue weighted by atomic mass is 79.9. The van der Waals surface area contributed by atoms with Crippen LogP contribution in [0, 0.1) is 5.41 Å². The van der Waals surface area contributed by atoms with Crippen LogP contribution in [-0.4, -0.2) is 19.6 Å². The summed E-state index contributed by atoms with van der Waals surface area (Å²) in [7, 11) is 1.69. The van der Waals surface area contributed by atoms with Gasteiger partial charge in [0.25, 0.3) is 0 Å². The second kappa shape index (κ2) is 7.24. The molecule has 2 aromatic rings. The molecule has 0 bridgehead atoms. The van der Waals surface area contributed by atoms with Crippen molar-refractivity contribution < 1.29 is 9.47 Å². The van der Waals surface area contributed by atoms with Crippen molar-refractivity contribution in [3.8, 4) is 11.5 Å². The molecule has 4 nitrogen and oxygen atoms in total. The van der Waals surface area contributed by atoms with Crippen LogP contribution in [0.2, 0.25) is 0 Å². The first-order valence-corrected chi connectivity index (χ1v) is 7.29. The van der Waals surface area contributed by atoms with Crippen LogP contribution in [0.25, 0.3) is 0 Å². The molecule has 110 valence electrons. The first-order chi connectivity index (χ1) is 10.1. The first kappa shape index (κ1) is 15.5. The van der Waals surface area contributed by atoms with Crippen LogP contribution in [0.1, 0.15) is 11.1 Å². The highest BCUT2D eigenvalue weighted by Gasteiger charge is 2.11. The molecule has 5 heteroatoms. The van der Waals surface area contributed by atoms with Crippen molar-refractivity contribution in [1.29, 1.82) is 5.41 Å². The molecule has 0 aliphatic heterocycles. The zero-order valence-corrected chi connectivity index (χ0v) is 13.3. The van der Waals surface area contributed by atoms with Crippen LogP contribution in [0.5, 0.6) is 11.5 Å². The van der Waals surface area contributed by atoms with E-state index in [4.69, 9.17) is 20.6 Å². The molecule has 0 unspecified atom stereocenters. The Morgan fingerprint density at radius 1 is 1.19 bits per heavy atom. The van der Waals surface area contributed by atoms with Crippen molar-refractivity contribution in [2.45, 2.75) is 6.42 Å². The van der Waals surface area contributed by atoms with E-state index in [1.165, 1.54) is 5.56 Å². The molecule has 21 heavy (non-hydrogen) atoms. The van der Waals surface area contributed by atoms with Crippen molar-refractivity contribution >= 4 is 21.8 Å². The number of benzene rings is 2. The van der Waals surface area contributed by atoms with E-state index in [0.29, 0.717) is 23.7 Å². The lowest BCUT2D eigenvalue weighted by Gasteiger charge is -2.12. The van der Waals surface area contributed by atoms with E-state index in [1.54, 1.807) is 13.2 Å². The Bertz CT molecular complexity index is 627. The van der Waals surface area contributed by atoms with E-state index in [0.717, 1.165) is 10.9 Å². The molecule has 0 radical (unpaired) electrons. The predicted molar refractivity (Wildman–Crippen MR) is 87.3 cm³/mol. The molecule has 0 fully saturated rings. The fourth-order valence-electron chi connectivity index (χ4n) is 1.92. The molecular formula is C16H17BrN2O2. The lowest BCUT2D eigenvalue weighted by atomic mass is 10.1.